The summed E-state index contributed by atoms with van der Waals surface area (Å²) < 4.78 is 13.9. The molecule has 2 atom stereocenters. The van der Waals surface area contributed by atoms with Gasteiger partial charge in [0.15, 0.2) is 0 Å². The lowest BCUT2D eigenvalue weighted by molar-refractivity contribution is 0.127. The minimum Gasteiger partial charge on any atom is -0.393 e. The van der Waals surface area contributed by atoms with Crippen molar-refractivity contribution in [3.8, 4) is 0 Å². The van der Waals surface area contributed by atoms with Crippen LogP contribution in [0.3, 0.4) is 0 Å². The number of aliphatic hydroxyl groups is 1. The Bertz CT molecular complexity index is 479. The van der Waals surface area contributed by atoms with Crippen LogP contribution in [0, 0.1) is 11.7 Å². The molecule has 0 spiro atoms. The molecule has 5 heteroatoms. The van der Waals surface area contributed by atoms with Gasteiger partial charge in [0.25, 0.3) is 0 Å². The fraction of sp³-hybridized carbons (Fsp3) is 0.500. The predicted molar refractivity (Wildman–Crippen MR) is 77.4 cm³/mol. The average molecular weight is 282 g/mol. The molecule has 0 radical (unpaired) electrons. The average Bonchev–Trinajstić information content (AvgIpc) is 2.80. The summed E-state index contributed by atoms with van der Waals surface area (Å²) in [4.78, 5) is 2.37. The Morgan fingerprint density at radius 2 is 2.37 bits per heavy atom. The van der Waals surface area contributed by atoms with E-state index in [0.717, 1.165) is 19.5 Å². The van der Waals surface area contributed by atoms with Crippen LogP contribution in [0.15, 0.2) is 18.2 Å². The zero-order valence-corrected chi connectivity index (χ0v) is 11.8. The number of rotatable bonds is 4. The number of thiocarbonyl (C=S) groups is 1. The Labute approximate surface area is 118 Å². The molecule has 2 unspecified atom stereocenters. The van der Waals surface area contributed by atoms with Gasteiger partial charge in [0.1, 0.15) is 10.8 Å². The molecule has 1 aliphatic heterocycles. The summed E-state index contributed by atoms with van der Waals surface area (Å²) in [5, 5.41) is 9.56. The maximum atomic E-state index is 13.9. The number of nitrogens with two attached hydrogens (primary N) is 1. The summed E-state index contributed by atoms with van der Waals surface area (Å²) in [5.74, 6) is 0.0183. The molecule has 1 aromatic carbocycles. The highest BCUT2D eigenvalue weighted by Crippen LogP contribution is 2.22. The second kappa shape index (κ2) is 5.94. The summed E-state index contributed by atoms with van der Waals surface area (Å²) in [6.07, 6.45) is 0.663. The highest BCUT2D eigenvalue weighted by molar-refractivity contribution is 7.80. The van der Waals surface area contributed by atoms with Crippen LogP contribution in [0.25, 0.3) is 0 Å². The number of likely N-dealkylation sites (tertiary alicyclic amines) is 1. The van der Waals surface area contributed by atoms with Crippen molar-refractivity contribution in [3.05, 3.63) is 35.1 Å². The van der Waals surface area contributed by atoms with Crippen LogP contribution in [-0.2, 0) is 6.54 Å². The molecule has 1 saturated heterocycles. The van der Waals surface area contributed by atoms with Crippen molar-refractivity contribution < 1.29 is 9.50 Å². The smallest absolute Gasteiger partial charge is 0.128 e. The minimum atomic E-state index is -0.299. The third kappa shape index (κ3) is 3.49. The van der Waals surface area contributed by atoms with E-state index >= 15 is 0 Å². The van der Waals surface area contributed by atoms with E-state index in [1.54, 1.807) is 12.1 Å². The van der Waals surface area contributed by atoms with Crippen molar-refractivity contribution in [1.29, 1.82) is 0 Å². The van der Waals surface area contributed by atoms with Crippen LogP contribution in [-0.4, -0.2) is 34.2 Å². The van der Waals surface area contributed by atoms with Gasteiger partial charge in [-0.25, -0.2) is 4.39 Å². The lowest BCUT2D eigenvalue weighted by Crippen LogP contribution is -2.24. The Morgan fingerprint density at radius 1 is 1.63 bits per heavy atom. The van der Waals surface area contributed by atoms with Crippen molar-refractivity contribution in [2.45, 2.75) is 26.0 Å². The molecule has 19 heavy (non-hydrogen) atoms. The highest BCUT2D eigenvalue weighted by Gasteiger charge is 2.26. The topological polar surface area (TPSA) is 49.5 Å². The molecule has 0 saturated carbocycles. The Hall–Kier alpha value is -1.04. The molecular formula is C14H19FN2OS. The largest absolute Gasteiger partial charge is 0.393 e. The molecule has 0 aliphatic carbocycles. The van der Waals surface area contributed by atoms with Gasteiger partial charge >= 0.3 is 0 Å². The molecule has 1 aromatic rings. The molecule has 1 aliphatic rings. The fourth-order valence-corrected chi connectivity index (χ4v) is 2.60. The first-order valence-corrected chi connectivity index (χ1v) is 6.87. The Balaban J connectivity index is 2.02. The molecule has 3 nitrogen and oxygen atoms in total. The van der Waals surface area contributed by atoms with Crippen LogP contribution in [0.2, 0.25) is 0 Å². The fourth-order valence-electron chi connectivity index (χ4n) is 2.47. The molecule has 2 rings (SSSR count). The summed E-state index contributed by atoms with van der Waals surface area (Å²) in [7, 11) is 0. The third-order valence-electron chi connectivity index (χ3n) is 3.72. The molecule has 0 bridgehead atoms. The van der Waals surface area contributed by atoms with Crippen LogP contribution in [0.4, 0.5) is 4.39 Å². The van der Waals surface area contributed by atoms with Crippen LogP contribution in [0.5, 0.6) is 0 Å². The molecular weight excluding hydrogens is 263 g/mol. The van der Waals surface area contributed by atoms with Gasteiger partial charge in [-0.15, -0.1) is 0 Å². The predicted octanol–water partition coefficient (Wildman–Crippen LogP) is 1.66. The lowest BCUT2D eigenvalue weighted by Gasteiger charge is -2.18. The standard InChI is InChI=1S/C14H19FN2OS/c1-9(18)11-4-5-17(7-11)8-12-3-2-10(14(16)19)6-13(12)15/h2-3,6,9,11,18H,4-5,7-8H2,1H3,(H2,16,19). The SMILES string of the molecule is CC(O)C1CCN(Cc2ccc(C(N)=S)cc2F)C1. The molecule has 3 N–H and O–H groups in total. The number of hydrogen-bond acceptors (Lipinski definition) is 3. The van der Waals surface area contributed by atoms with Crippen molar-refractivity contribution >= 4 is 17.2 Å². The summed E-state index contributed by atoms with van der Waals surface area (Å²) in [6.45, 7) is 4.08. The van der Waals surface area contributed by atoms with Crippen molar-refractivity contribution in [3.63, 3.8) is 0 Å². The first-order chi connectivity index (χ1) is 8.97. The van der Waals surface area contributed by atoms with Gasteiger partial charge in [-0.3, -0.25) is 4.90 Å². The van der Waals surface area contributed by atoms with Crippen LogP contribution < -0.4 is 5.73 Å². The highest BCUT2D eigenvalue weighted by atomic mass is 32.1. The van der Waals surface area contributed by atoms with E-state index in [9.17, 15) is 9.50 Å². The van der Waals surface area contributed by atoms with Gasteiger partial charge < -0.3 is 10.8 Å². The first kappa shape index (κ1) is 14.4. The van der Waals surface area contributed by atoms with E-state index in [4.69, 9.17) is 18.0 Å². The molecule has 104 valence electrons. The maximum absolute atomic E-state index is 13.9. The van der Waals surface area contributed by atoms with Crippen molar-refractivity contribution in [1.82, 2.24) is 4.90 Å². The van der Waals surface area contributed by atoms with Crippen molar-refractivity contribution in [2.24, 2.45) is 11.7 Å². The Morgan fingerprint density at radius 3 is 2.89 bits per heavy atom. The second-order valence-corrected chi connectivity index (χ2v) is 5.63. The van der Waals surface area contributed by atoms with Gasteiger partial charge in [-0.2, -0.15) is 0 Å². The van der Waals surface area contributed by atoms with E-state index in [2.05, 4.69) is 4.90 Å². The third-order valence-corrected chi connectivity index (χ3v) is 3.96. The monoisotopic (exact) mass is 282 g/mol. The molecule has 0 aromatic heterocycles. The van der Waals surface area contributed by atoms with E-state index in [0.29, 0.717) is 23.6 Å². The number of halogens is 1. The van der Waals surface area contributed by atoms with E-state index in [1.807, 2.05) is 6.92 Å². The van der Waals surface area contributed by atoms with Gasteiger partial charge in [0, 0.05) is 24.2 Å². The molecule has 1 heterocycles. The molecule has 0 amide bonds. The van der Waals surface area contributed by atoms with Gasteiger partial charge in [0.2, 0.25) is 0 Å². The van der Waals surface area contributed by atoms with Crippen LogP contribution >= 0.6 is 12.2 Å². The first-order valence-electron chi connectivity index (χ1n) is 6.46. The van der Waals surface area contributed by atoms with Crippen LogP contribution in [0.1, 0.15) is 24.5 Å². The summed E-state index contributed by atoms with van der Waals surface area (Å²) >= 11 is 4.83. The van der Waals surface area contributed by atoms with E-state index in [-0.39, 0.29) is 16.9 Å². The van der Waals surface area contributed by atoms with E-state index < -0.39 is 0 Å². The van der Waals surface area contributed by atoms with Gasteiger partial charge in [-0.1, -0.05) is 24.4 Å². The summed E-state index contributed by atoms with van der Waals surface area (Å²) in [6, 6.07) is 4.88. The van der Waals surface area contributed by atoms with E-state index in [1.165, 1.54) is 6.07 Å². The lowest BCUT2D eigenvalue weighted by atomic mass is 10.0. The molecule has 1 fully saturated rings. The van der Waals surface area contributed by atoms with Gasteiger partial charge in [0.05, 0.1) is 6.10 Å². The maximum Gasteiger partial charge on any atom is 0.128 e. The number of aliphatic hydroxyl groups excluding tert-OH is 1. The van der Waals surface area contributed by atoms with Gasteiger partial charge in [-0.05, 0) is 31.9 Å². The number of nitrogens with zero attached hydrogens (tertiary/aromatic N) is 1. The zero-order chi connectivity index (χ0) is 14.0. The zero-order valence-electron chi connectivity index (χ0n) is 11.0. The number of benzene rings is 1. The summed E-state index contributed by atoms with van der Waals surface area (Å²) in [5.41, 5.74) is 6.67. The quantitative estimate of drug-likeness (QED) is 0.825. The van der Waals surface area contributed by atoms with Crippen molar-refractivity contribution in [2.75, 3.05) is 13.1 Å². The second-order valence-electron chi connectivity index (χ2n) is 5.19. The minimum absolute atomic E-state index is 0.209. The normalized spacial score (nSPS) is 21.5. The number of hydrogen-bond donors (Lipinski definition) is 2. The Kier molecular flexibility index (Phi) is 4.50.